The van der Waals surface area contributed by atoms with Crippen LogP contribution in [0.2, 0.25) is 0 Å². The van der Waals surface area contributed by atoms with Crippen molar-refractivity contribution in [3.05, 3.63) is 29.6 Å². The maximum atomic E-state index is 13.3. The third kappa shape index (κ3) is 5.08. The van der Waals surface area contributed by atoms with Crippen LogP contribution in [0.25, 0.3) is 0 Å². The second-order valence-corrected chi connectivity index (χ2v) is 4.06. The van der Waals surface area contributed by atoms with Gasteiger partial charge in [-0.15, -0.1) is 0 Å². The number of hydrogen-bond donors (Lipinski definition) is 2. The first-order valence-corrected chi connectivity index (χ1v) is 6.20. The Morgan fingerprint density at radius 1 is 1.09 bits per heavy atom. The number of ether oxygens (including phenoxy) is 1. The quantitative estimate of drug-likeness (QED) is 0.608. The lowest BCUT2D eigenvalue weighted by molar-refractivity contribution is -0.148. The van der Waals surface area contributed by atoms with Crippen molar-refractivity contribution in [3.8, 4) is 0 Å². The Labute approximate surface area is 123 Å². The van der Waals surface area contributed by atoms with Crippen LogP contribution in [0.1, 0.15) is 13.3 Å². The zero-order valence-corrected chi connectivity index (χ0v) is 11.5. The van der Waals surface area contributed by atoms with Gasteiger partial charge in [0, 0.05) is 6.42 Å². The fourth-order valence-corrected chi connectivity index (χ4v) is 1.29. The van der Waals surface area contributed by atoms with E-state index >= 15 is 0 Å². The van der Waals surface area contributed by atoms with Crippen LogP contribution in [0, 0.1) is 17.5 Å². The first kappa shape index (κ1) is 17.5. The Morgan fingerprint density at radius 2 is 1.77 bits per heavy atom. The van der Waals surface area contributed by atoms with Crippen LogP contribution in [0.4, 0.5) is 18.9 Å². The highest BCUT2D eigenvalue weighted by Gasteiger charge is 2.15. The number of esters is 1. The number of amides is 2. The summed E-state index contributed by atoms with van der Waals surface area (Å²) in [6, 6.07) is 1.49. The SMILES string of the molecule is CCC(=O)OCC(=O)NCC(=O)Nc1ccc(F)c(F)c1F. The Balaban J connectivity index is 2.46. The van der Waals surface area contributed by atoms with Crippen LogP contribution < -0.4 is 10.6 Å². The largest absolute Gasteiger partial charge is 0.456 e. The van der Waals surface area contributed by atoms with Gasteiger partial charge in [-0.05, 0) is 12.1 Å². The molecule has 0 bridgehead atoms. The summed E-state index contributed by atoms with van der Waals surface area (Å²) in [6.45, 7) is 0.435. The maximum Gasteiger partial charge on any atom is 0.306 e. The summed E-state index contributed by atoms with van der Waals surface area (Å²) in [5, 5.41) is 4.08. The van der Waals surface area contributed by atoms with Crippen LogP contribution in [0.15, 0.2) is 12.1 Å². The monoisotopic (exact) mass is 318 g/mol. The van der Waals surface area contributed by atoms with E-state index in [-0.39, 0.29) is 6.42 Å². The number of nitrogens with one attached hydrogen (secondary N) is 2. The van der Waals surface area contributed by atoms with Crippen LogP contribution in [-0.2, 0) is 19.1 Å². The smallest absolute Gasteiger partial charge is 0.306 e. The van der Waals surface area contributed by atoms with Gasteiger partial charge in [0.1, 0.15) is 0 Å². The van der Waals surface area contributed by atoms with E-state index in [0.717, 1.165) is 6.07 Å². The van der Waals surface area contributed by atoms with Crippen LogP contribution in [0.3, 0.4) is 0 Å². The van der Waals surface area contributed by atoms with Crippen molar-refractivity contribution in [3.63, 3.8) is 0 Å². The molecule has 2 N–H and O–H groups in total. The van der Waals surface area contributed by atoms with Crippen molar-refractivity contribution >= 4 is 23.5 Å². The highest BCUT2D eigenvalue weighted by Crippen LogP contribution is 2.19. The topological polar surface area (TPSA) is 84.5 Å². The zero-order valence-electron chi connectivity index (χ0n) is 11.5. The number of hydrogen-bond acceptors (Lipinski definition) is 4. The molecule has 0 saturated carbocycles. The Hall–Kier alpha value is -2.58. The van der Waals surface area contributed by atoms with Crippen molar-refractivity contribution in [2.45, 2.75) is 13.3 Å². The summed E-state index contributed by atoms with van der Waals surface area (Å²) in [6.07, 6.45) is 0.100. The molecule has 2 amide bonds. The molecule has 0 unspecified atom stereocenters. The number of rotatable bonds is 6. The molecule has 0 heterocycles. The lowest BCUT2D eigenvalue weighted by atomic mass is 10.2. The van der Waals surface area contributed by atoms with Crippen molar-refractivity contribution in [2.75, 3.05) is 18.5 Å². The first-order valence-electron chi connectivity index (χ1n) is 6.20. The molecule has 1 rings (SSSR count). The summed E-state index contributed by atoms with van der Waals surface area (Å²) in [5.41, 5.74) is -0.560. The average Bonchev–Trinajstić information content (AvgIpc) is 2.51. The van der Waals surface area contributed by atoms with E-state index in [2.05, 4.69) is 10.1 Å². The van der Waals surface area contributed by atoms with Gasteiger partial charge in [0.05, 0.1) is 12.2 Å². The molecule has 22 heavy (non-hydrogen) atoms. The van der Waals surface area contributed by atoms with Gasteiger partial charge >= 0.3 is 5.97 Å². The fourth-order valence-electron chi connectivity index (χ4n) is 1.29. The molecule has 1 aromatic carbocycles. The van der Waals surface area contributed by atoms with Gasteiger partial charge in [-0.2, -0.15) is 0 Å². The molecular formula is C13H13F3N2O4. The molecule has 0 aliphatic carbocycles. The molecule has 0 spiro atoms. The predicted octanol–water partition coefficient (Wildman–Crippen LogP) is 1.11. The number of carbonyl (C=O) groups excluding carboxylic acids is 3. The summed E-state index contributed by atoms with van der Waals surface area (Å²) in [4.78, 5) is 33.5. The minimum atomic E-state index is -1.71. The summed E-state index contributed by atoms with van der Waals surface area (Å²) in [5.74, 6) is -6.82. The zero-order chi connectivity index (χ0) is 16.7. The van der Waals surface area contributed by atoms with E-state index in [1.807, 2.05) is 5.32 Å². The third-order valence-corrected chi connectivity index (χ3v) is 2.41. The molecule has 0 aromatic heterocycles. The summed E-state index contributed by atoms with van der Waals surface area (Å²) < 4.78 is 43.5. The molecule has 9 heteroatoms. The number of benzene rings is 1. The highest BCUT2D eigenvalue weighted by atomic mass is 19.2. The average molecular weight is 318 g/mol. The van der Waals surface area contributed by atoms with Gasteiger partial charge in [0.25, 0.3) is 5.91 Å². The molecular weight excluding hydrogens is 305 g/mol. The molecule has 120 valence electrons. The second kappa shape index (κ2) is 8.01. The first-order chi connectivity index (χ1) is 10.3. The van der Waals surface area contributed by atoms with Gasteiger partial charge < -0.3 is 15.4 Å². The molecule has 0 fully saturated rings. The number of anilines is 1. The Morgan fingerprint density at radius 3 is 2.41 bits per heavy atom. The minimum absolute atomic E-state index is 0.100. The molecule has 0 atom stereocenters. The summed E-state index contributed by atoms with van der Waals surface area (Å²) >= 11 is 0. The van der Waals surface area contributed by atoms with Crippen molar-refractivity contribution in [1.82, 2.24) is 5.32 Å². The van der Waals surface area contributed by atoms with E-state index < -0.39 is 54.1 Å². The van der Waals surface area contributed by atoms with E-state index in [1.54, 1.807) is 6.92 Å². The Kier molecular flexibility index (Phi) is 6.36. The lowest BCUT2D eigenvalue weighted by Crippen LogP contribution is -2.35. The fraction of sp³-hybridized carbons (Fsp3) is 0.308. The predicted molar refractivity (Wildman–Crippen MR) is 69.2 cm³/mol. The second-order valence-electron chi connectivity index (χ2n) is 4.06. The van der Waals surface area contributed by atoms with Gasteiger partial charge in [0.15, 0.2) is 24.1 Å². The van der Waals surface area contributed by atoms with Gasteiger partial charge in [0.2, 0.25) is 5.91 Å². The third-order valence-electron chi connectivity index (χ3n) is 2.41. The lowest BCUT2D eigenvalue weighted by Gasteiger charge is -2.08. The maximum absolute atomic E-state index is 13.3. The number of halogens is 3. The molecule has 1 aromatic rings. The van der Waals surface area contributed by atoms with Crippen LogP contribution in [0.5, 0.6) is 0 Å². The van der Waals surface area contributed by atoms with Gasteiger partial charge in [-0.25, -0.2) is 13.2 Å². The van der Waals surface area contributed by atoms with Gasteiger partial charge in [-0.3, -0.25) is 14.4 Å². The van der Waals surface area contributed by atoms with Crippen LogP contribution in [-0.4, -0.2) is 30.9 Å². The minimum Gasteiger partial charge on any atom is -0.456 e. The van der Waals surface area contributed by atoms with E-state index in [9.17, 15) is 27.6 Å². The Bertz CT molecular complexity index is 593. The molecule has 6 nitrogen and oxygen atoms in total. The standard InChI is InChI=1S/C13H13F3N2O4/c1-2-11(21)22-6-10(20)17-5-9(19)18-8-4-3-7(14)12(15)13(8)16/h3-4H,2,5-6H2,1H3,(H,17,20)(H,18,19). The molecule has 0 aliphatic rings. The van der Waals surface area contributed by atoms with Gasteiger partial charge in [-0.1, -0.05) is 6.92 Å². The van der Waals surface area contributed by atoms with E-state index in [1.165, 1.54) is 0 Å². The van der Waals surface area contributed by atoms with E-state index in [0.29, 0.717) is 6.07 Å². The van der Waals surface area contributed by atoms with E-state index in [4.69, 9.17) is 0 Å². The van der Waals surface area contributed by atoms with Crippen molar-refractivity contribution in [2.24, 2.45) is 0 Å². The highest BCUT2D eigenvalue weighted by molar-refractivity contribution is 5.94. The van der Waals surface area contributed by atoms with Crippen molar-refractivity contribution < 1.29 is 32.3 Å². The summed E-state index contributed by atoms with van der Waals surface area (Å²) in [7, 11) is 0. The normalized spacial score (nSPS) is 10.0. The number of carbonyl (C=O) groups is 3. The van der Waals surface area contributed by atoms with Crippen molar-refractivity contribution in [1.29, 1.82) is 0 Å². The molecule has 0 radical (unpaired) electrons. The molecule has 0 saturated heterocycles. The molecule has 0 aliphatic heterocycles. The van der Waals surface area contributed by atoms with Crippen LogP contribution >= 0.6 is 0 Å².